The second-order valence-corrected chi connectivity index (χ2v) is 4.53. The van der Waals surface area contributed by atoms with Gasteiger partial charge in [-0.3, -0.25) is 9.59 Å². The van der Waals surface area contributed by atoms with Crippen molar-refractivity contribution in [2.75, 3.05) is 13.2 Å². The standard InChI is InChI=1S/C14H18O6/c1-3-11(15)19-7-8-20-14(18)10-6-4-5-9(2)12(10)13(16)17/h3-5,9-10,12H,1,6-8H2,2H3,(H,16,17). The number of hydrogen-bond acceptors (Lipinski definition) is 5. The van der Waals surface area contributed by atoms with Crippen LogP contribution in [0.5, 0.6) is 0 Å². The van der Waals surface area contributed by atoms with E-state index in [9.17, 15) is 19.5 Å². The van der Waals surface area contributed by atoms with Crippen LogP contribution in [0.2, 0.25) is 0 Å². The molecule has 0 saturated carbocycles. The topological polar surface area (TPSA) is 89.9 Å². The zero-order valence-electron chi connectivity index (χ0n) is 11.3. The summed E-state index contributed by atoms with van der Waals surface area (Å²) in [5.74, 6) is -3.91. The van der Waals surface area contributed by atoms with Gasteiger partial charge in [0.1, 0.15) is 13.2 Å². The molecule has 110 valence electrons. The zero-order chi connectivity index (χ0) is 15.1. The zero-order valence-corrected chi connectivity index (χ0v) is 11.3. The van der Waals surface area contributed by atoms with E-state index >= 15 is 0 Å². The first-order valence-electron chi connectivity index (χ1n) is 6.32. The molecule has 1 aliphatic rings. The van der Waals surface area contributed by atoms with Crippen molar-refractivity contribution in [1.29, 1.82) is 0 Å². The molecule has 0 radical (unpaired) electrons. The lowest BCUT2D eigenvalue weighted by atomic mass is 9.76. The molecule has 6 nitrogen and oxygen atoms in total. The molecule has 3 unspecified atom stereocenters. The summed E-state index contributed by atoms with van der Waals surface area (Å²) in [5.41, 5.74) is 0. The van der Waals surface area contributed by atoms with Crippen LogP contribution in [0, 0.1) is 17.8 Å². The first-order chi connectivity index (χ1) is 9.47. The number of carboxylic acid groups (broad SMARTS) is 1. The fourth-order valence-electron chi connectivity index (χ4n) is 2.16. The third-order valence-corrected chi connectivity index (χ3v) is 3.16. The maximum Gasteiger partial charge on any atom is 0.330 e. The van der Waals surface area contributed by atoms with E-state index in [0.717, 1.165) is 6.08 Å². The molecule has 1 N–H and O–H groups in total. The Morgan fingerprint density at radius 3 is 2.60 bits per heavy atom. The number of hydrogen-bond donors (Lipinski definition) is 1. The molecule has 0 fully saturated rings. The molecule has 6 heteroatoms. The van der Waals surface area contributed by atoms with Gasteiger partial charge in [0.2, 0.25) is 0 Å². The summed E-state index contributed by atoms with van der Waals surface area (Å²) in [4.78, 5) is 33.9. The molecule has 0 spiro atoms. The molecule has 3 atom stereocenters. The van der Waals surface area contributed by atoms with Crippen LogP contribution in [-0.4, -0.2) is 36.2 Å². The molecule has 0 aromatic heterocycles. The third kappa shape index (κ3) is 4.22. The van der Waals surface area contributed by atoms with Crippen molar-refractivity contribution in [2.24, 2.45) is 17.8 Å². The van der Waals surface area contributed by atoms with Gasteiger partial charge in [-0.25, -0.2) is 4.79 Å². The van der Waals surface area contributed by atoms with Gasteiger partial charge < -0.3 is 14.6 Å². The van der Waals surface area contributed by atoms with Crippen molar-refractivity contribution in [2.45, 2.75) is 13.3 Å². The first kappa shape index (κ1) is 15.9. The Bertz CT molecular complexity index is 425. The van der Waals surface area contributed by atoms with Crippen LogP contribution < -0.4 is 0 Å². The van der Waals surface area contributed by atoms with Crippen LogP contribution in [0.25, 0.3) is 0 Å². The number of carboxylic acids is 1. The highest BCUT2D eigenvalue weighted by molar-refractivity contribution is 5.82. The molecule has 0 aromatic rings. The van der Waals surface area contributed by atoms with E-state index in [0.29, 0.717) is 6.42 Å². The minimum absolute atomic E-state index is 0.0769. The second-order valence-electron chi connectivity index (χ2n) is 4.53. The molecule has 1 aliphatic carbocycles. The van der Waals surface area contributed by atoms with Crippen LogP contribution in [0.15, 0.2) is 24.8 Å². The Balaban J connectivity index is 2.49. The van der Waals surface area contributed by atoms with Gasteiger partial charge >= 0.3 is 17.9 Å². The number of aliphatic carboxylic acids is 1. The van der Waals surface area contributed by atoms with E-state index in [-0.39, 0.29) is 19.1 Å². The lowest BCUT2D eigenvalue weighted by molar-refractivity contribution is -0.161. The summed E-state index contributed by atoms with van der Waals surface area (Å²) in [6.45, 7) is 4.81. The Morgan fingerprint density at radius 1 is 1.35 bits per heavy atom. The molecule has 0 aromatic carbocycles. The number of ether oxygens (including phenoxy) is 2. The predicted octanol–water partition coefficient (Wildman–Crippen LogP) is 1.17. The van der Waals surface area contributed by atoms with Crippen molar-refractivity contribution in [3.8, 4) is 0 Å². The van der Waals surface area contributed by atoms with Crippen molar-refractivity contribution >= 4 is 17.9 Å². The molecular weight excluding hydrogens is 264 g/mol. The molecule has 0 bridgehead atoms. The lowest BCUT2D eigenvalue weighted by Crippen LogP contribution is -2.37. The van der Waals surface area contributed by atoms with Crippen molar-refractivity contribution in [1.82, 2.24) is 0 Å². The monoisotopic (exact) mass is 282 g/mol. The molecule has 0 amide bonds. The maximum absolute atomic E-state index is 11.9. The summed E-state index contributed by atoms with van der Waals surface area (Å²) < 4.78 is 9.62. The van der Waals surface area contributed by atoms with Gasteiger partial charge in [-0.2, -0.15) is 0 Å². The van der Waals surface area contributed by atoms with Gasteiger partial charge in [-0.05, 0) is 12.3 Å². The highest BCUT2D eigenvalue weighted by Crippen LogP contribution is 2.31. The molecule has 20 heavy (non-hydrogen) atoms. The summed E-state index contributed by atoms with van der Waals surface area (Å²) in [7, 11) is 0. The van der Waals surface area contributed by atoms with E-state index in [1.165, 1.54) is 0 Å². The number of carbonyl (C=O) groups excluding carboxylic acids is 2. The SMILES string of the molecule is C=CC(=O)OCCOC(=O)C1CC=CC(C)C1C(=O)O. The summed E-state index contributed by atoms with van der Waals surface area (Å²) in [6.07, 6.45) is 4.92. The molecule has 0 saturated heterocycles. The summed E-state index contributed by atoms with van der Waals surface area (Å²) in [6, 6.07) is 0. The van der Waals surface area contributed by atoms with Crippen molar-refractivity contribution < 1.29 is 29.0 Å². The van der Waals surface area contributed by atoms with Gasteiger partial charge in [0, 0.05) is 6.08 Å². The predicted molar refractivity (Wildman–Crippen MR) is 69.7 cm³/mol. The quantitative estimate of drug-likeness (QED) is 0.340. The van der Waals surface area contributed by atoms with Crippen LogP contribution in [0.3, 0.4) is 0 Å². The molecule has 0 aliphatic heterocycles. The van der Waals surface area contributed by atoms with Gasteiger partial charge in [0.25, 0.3) is 0 Å². The molecule has 1 rings (SSSR count). The number of allylic oxidation sites excluding steroid dienone is 2. The number of esters is 2. The normalized spacial score (nSPS) is 24.8. The highest BCUT2D eigenvalue weighted by Gasteiger charge is 2.39. The lowest BCUT2D eigenvalue weighted by Gasteiger charge is -2.28. The van der Waals surface area contributed by atoms with Crippen LogP contribution in [0.4, 0.5) is 0 Å². The first-order valence-corrected chi connectivity index (χ1v) is 6.32. The number of carbonyl (C=O) groups is 3. The van der Waals surface area contributed by atoms with Crippen molar-refractivity contribution in [3.63, 3.8) is 0 Å². The minimum Gasteiger partial charge on any atom is -0.481 e. The van der Waals surface area contributed by atoms with Crippen molar-refractivity contribution in [3.05, 3.63) is 24.8 Å². The second kappa shape index (κ2) is 7.47. The van der Waals surface area contributed by atoms with E-state index < -0.39 is 29.7 Å². The Hall–Kier alpha value is -2.11. The average Bonchev–Trinajstić information content (AvgIpc) is 2.42. The maximum atomic E-state index is 11.9. The van der Waals surface area contributed by atoms with Crippen LogP contribution >= 0.6 is 0 Å². The Labute approximate surface area is 117 Å². The Morgan fingerprint density at radius 2 is 2.00 bits per heavy atom. The van der Waals surface area contributed by atoms with E-state index in [1.54, 1.807) is 19.1 Å². The van der Waals surface area contributed by atoms with Gasteiger partial charge in [0.15, 0.2) is 0 Å². The van der Waals surface area contributed by atoms with Gasteiger partial charge in [-0.15, -0.1) is 0 Å². The van der Waals surface area contributed by atoms with E-state index in [2.05, 4.69) is 11.3 Å². The molecule has 0 heterocycles. The highest BCUT2D eigenvalue weighted by atomic mass is 16.6. The summed E-state index contributed by atoms with van der Waals surface area (Å²) in [5, 5.41) is 9.18. The fraction of sp³-hybridized carbons (Fsp3) is 0.500. The van der Waals surface area contributed by atoms with Crippen LogP contribution in [0.1, 0.15) is 13.3 Å². The van der Waals surface area contributed by atoms with Crippen LogP contribution in [-0.2, 0) is 23.9 Å². The van der Waals surface area contributed by atoms with E-state index in [1.807, 2.05) is 0 Å². The van der Waals surface area contributed by atoms with E-state index in [4.69, 9.17) is 4.74 Å². The Kier molecular flexibility index (Phi) is 5.96. The largest absolute Gasteiger partial charge is 0.481 e. The van der Waals surface area contributed by atoms with Gasteiger partial charge in [-0.1, -0.05) is 25.7 Å². The minimum atomic E-state index is -1.01. The number of rotatable bonds is 6. The molecular formula is C14H18O6. The fourth-order valence-corrected chi connectivity index (χ4v) is 2.16. The summed E-state index contributed by atoms with van der Waals surface area (Å²) >= 11 is 0. The smallest absolute Gasteiger partial charge is 0.330 e. The third-order valence-electron chi connectivity index (χ3n) is 3.16. The van der Waals surface area contributed by atoms with Gasteiger partial charge in [0.05, 0.1) is 11.8 Å². The average molecular weight is 282 g/mol.